The number of guanidine groups is 1. The summed E-state index contributed by atoms with van der Waals surface area (Å²) >= 11 is 0. The van der Waals surface area contributed by atoms with Gasteiger partial charge in [0.15, 0.2) is 17.5 Å². The molecule has 0 aromatic heterocycles. The molecule has 3 aromatic rings. The Hall–Kier alpha value is -2.78. The second-order valence-electron chi connectivity index (χ2n) is 6.69. The highest BCUT2D eigenvalue weighted by atomic mass is 127. The smallest absolute Gasteiger partial charge is 0.193 e. The van der Waals surface area contributed by atoms with E-state index in [1.165, 1.54) is 5.56 Å². The highest BCUT2D eigenvalue weighted by Crippen LogP contribution is 2.29. The van der Waals surface area contributed by atoms with Crippen LogP contribution in [-0.2, 0) is 24.5 Å². The predicted octanol–water partition coefficient (Wildman–Crippen LogP) is 4.97. The third-order valence-electron chi connectivity index (χ3n) is 4.49. The number of hydrogen-bond acceptors (Lipinski definition) is 4. The maximum atomic E-state index is 6.01. The molecule has 0 aliphatic carbocycles. The highest BCUT2D eigenvalue weighted by Gasteiger charge is 2.05. The fourth-order valence-electron chi connectivity index (χ4n) is 2.88. The van der Waals surface area contributed by atoms with Gasteiger partial charge in [-0.1, -0.05) is 54.6 Å². The third-order valence-corrected chi connectivity index (χ3v) is 4.49. The van der Waals surface area contributed by atoms with Crippen LogP contribution in [0, 0.1) is 0 Å². The van der Waals surface area contributed by atoms with E-state index in [2.05, 4.69) is 22.4 Å². The molecular formula is C24H28IN3O3. The number of aliphatic imine (C=N–C) groups is 1. The van der Waals surface area contributed by atoms with Crippen molar-refractivity contribution in [1.29, 1.82) is 0 Å². The van der Waals surface area contributed by atoms with Gasteiger partial charge >= 0.3 is 0 Å². The van der Waals surface area contributed by atoms with Gasteiger partial charge in [0.2, 0.25) is 0 Å². The molecule has 164 valence electrons. The molecule has 7 heteroatoms. The number of anilines is 1. The predicted molar refractivity (Wildman–Crippen MR) is 135 cm³/mol. The normalized spacial score (nSPS) is 10.8. The van der Waals surface area contributed by atoms with E-state index in [1.807, 2.05) is 60.7 Å². The quantitative estimate of drug-likeness (QED) is 0.231. The molecule has 0 atom stereocenters. The molecule has 0 saturated carbocycles. The van der Waals surface area contributed by atoms with Gasteiger partial charge in [-0.3, -0.25) is 0 Å². The first-order valence-corrected chi connectivity index (χ1v) is 9.66. The Kier molecular flexibility index (Phi) is 10.1. The van der Waals surface area contributed by atoms with E-state index >= 15 is 0 Å². The minimum atomic E-state index is 0. The summed E-state index contributed by atoms with van der Waals surface area (Å²) in [5.41, 5.74) is 10.1. The number of nitrogens with two attached hydrogens (primary N) is 1. The average molecular weight is 533 g/mol. The highest BCUT2D eigenvalue weighted by molar-refractivity contribution is 14.0. The van der Waals surface area contributed by atoms with Crippen molar-refractivity contribution in [2.45, 2.75) is 19.8 Å². The summed E-state index contributed by atoms with van der Waals surface area (Å²) in [6.45, 7) is 1.66. The molecule has 31 heavy (non-hydrogen) atoms. The summed E-state index contributed by atoms with van der Waals surface area (Å²) in [5.74, 6) is 1.62. The molecule has 0 radical (unpaired) electrons. The zero-order valence-electron chi connectivity index (χ0n) is 17.7. The van der Waals surface area contributed by atoms with Crippen LogP contribution < -0.4 is 20.5 Å². The van der Waals surface area contributed by atoms with Crippen molar-refractivity contribution >= 4 is 35.6 Å². The summed E-state index contributed by atoms with van der Waals surface area (Å²) < 4.78 is 16.3. The second kappa shape index (κ2) is 12.8. The molecule has 0 heterocycles. The SMILES string of the molecule is COc1ccc(NC(N)=NCc2ccc(COCc3ccccc3)cc2)cc1OC.I. The van der Waals surface area contributed by atoms with Crippen molar-refractivity contribution in [2.24, 2.45) is 10.7 Å². The van der Waals surface area contributed by atoms with Gasteiger partial charge < -0.3 is 25.3 Å². The molecule has 0 bridgehead atoms. The fourth-order valence-corrected chi connectivity index (χ4v) is 2.88. The zero-order valence-corrected chi connectivity index (χ0v) is 20.0. The number of ether oxygens (including phenoxy) is 3. The van der Waals surface area contributed by atoms with Gasteiger partial charge in [0, 0.05) is 11.8 Å². The van der Waals surface area contributed by atoms with Crippen LogP contribution in [0.1, 0.15) is 16.7 Å². The number of nitrogens with one attached hydrogen (secondary N) is 1. The van der Waals surface area contributed by atoms with Crippen molar-refractivity contribution in [1.82, 2.24) is 0 Å². The summed E-state index contributed by atoms with van der Waals surface area (Å²) in [5, 5.41) is 3.07. The lowest BCUT2D eigenvalue weighted by molar-refractivity contribution is 0.107. The van der Waals surface area contributed by atoms with Gasteiger partial charge in [0.25, 0.3) is 0 Å². The van der Waals surface area contributed by atoms with Crippen molar-refractivity contribution < 1.29 is 14.2 Å². The molecule has 0 amide bonds. The largest absolute Gasteiger partial charge is 0.493 e. The molecule has 3 rings (SSSR count). The summed E-state index contributed by atoms with van der Waals surface area (Å²) in [6, 6.07) is 23.8. The standard InChI is InChI=1S/C24H27N3O3.HI/c1-28-22-13-12-21(14-23(22)29-2)27-24(25)26-15-18-8-10-20(11-9-18)17-30-16-19-6-4-3-5-7-19;/h3-14H,15-17H2,1-2H3,(H3,25,26,27);1H. The Balaban J connectivity index is 0.00000341. The number of hydrogen-bond donors (Lipinski definition) is 2. The number of methoxy groups -OCH3 is 2. The van der Waals surface area contributed by atoms with Gasteiger partial charge in [0.1, 0.15) is 0 Å². The van der Waals surface area contributed by atoms with Crippen molar-refractivity contribution in [3.05, 3.63) is 89.5 Å². The molecule has 6 nitrogen and oxygen atoms in total. The first-order chi connectivity index (χ1) is 14.7. The number of rotatable bonds is 9. The monoisotopic (exact) mass is 533 g/mol. The van der Waals surface area contributed by atoms with E-state index in [4.69, 9.17) is 19.9 Å². The molecule has 0 unspecified atom stereocenters. The van der Waals surface area contributed by atoms with Crippen LogP contribution in [-0.4, -0.2) is 20.2 Å². The third kappa shape index (κ3) is 7.76. The Morgan fingerprint density at radius 1 is 0.806 bits per heavy atom. The Labute approximate surface area is 200 Å². The first kappa shape index (κ1) is 24.5. The first-order valence-electron chi connectivity index (χ1n) is 9.66. The minimum absolute atomic E-state index is 0. The van der Waals surface area contributed by atoms with Crippen molar-refractivity contribution in [2.75, 3.05) is 19.5 Å². The number of halogens is 1. The second-order valence-corrected chi connectivity index (χ2v) is 6.69. The molecular weight excluding hydrogens is 505 g/mol. The van der Waals surface area contributed by atoms with E-state index < -0.39 is 0 Å². The van der Waals surface area contributed by atoms with Crippen LogP contribution >= 0.6 is 24.0 Å². The van der Waals surface area contributed by atoms with E-state index in [9.17, 15) is 0 Å². The van der Waals surface area contributed by atoms with Gasteiger partial charge in [-0.25, -0.2) is 4.99 Å². The van der Waals surface area contributed by atoms with E-state index in [0.29, 0.717) is 37.2 Å². The van der Waals surface area contributed by atoms with Crippen LogP contribution in [0.15, 0.2) is 77.8 Å². The van der Waals surface area contributed by atoms with Crippen molar-refractivity contribution in [3.63, 3.8) is 0 Å². The Bertz CT molecular complexity index is 964. The van der Waals surface area contributed by atoms with Crippen LogP contribution in [0.5, 0.6) is 11.5 Å². The molecule has 3 aromatic carbocycles. The zero-order chi connectivity index (χ0) is 21.2. The fraction of sp³-hybridized carbons (Fsp3) is 0.208. The topological polar surface area (TPSA) is 78.1 Å². The summed E-state index contributed by atoms with van der Waals surface area (Å²) in [4.78, 5) is 4.40. The van der Waals surface area contributed by atoms with Gasteiger partial charge in [-0.15, -0.1) is 24.0 Å². The summed E-state index contributed by atoms with van der Waals surface area (Å²) in [6.07, 6.45) is 0. The van der Waals surface area contributed by atoms with Crippen LogP contribution in [0.3, 0.4) is 0 Å². The molecule has 0 aliphatic heterocycles. The lowest BCUT2D eigenvalue weighted by Crippen LogP contribution is -2.22. The molecule has 0 spiro atoms. The minimum Gasteiger partial charge on any atom is -0.493 e. The Morgan fingerprint density at radius 3 is 2.06 bits per heavy atom. The maximum absolute atomic E-state index is 6.01. The molecule has 0 saturated heterocycles. The van der Waals surface area contributed by atoms with Crippen LogP contribution in [0.2, 0.25) is 0 Å². The van der Waals surface area contributed by atoms with E-state index in [-0.39, 0.29) is 24.0 Å². The number of nitrogens with zero attached hydrogens (tertiary/aromatic N) is 1. The Morgan fingerprint density at radius 2 is 1.42 bits per heavy atom. The van der Waals surface area contributed by atoms with Gasteiger partial charge in [0.05, 0.1) is 34.0 Å². The maximum Gasteiger partial charge on any atom is 0.193 e. The van der Waals surface area contributed by atoms with Crippen LogP contribution in [0.25, 0.3) is 0 Å². The van der Waals surface area contributed by atoms with E-state index in [1.54, 1.807) is 14.2 Å². The number of benzene rings is 3. The lowest BCUT2D eigenvalue weighted by Gasteiger charge is -2.11. The van der Waals surface area contributed by atoms with E-state index in [0.717, 1.165) is 16.8 Å². The molecule has 0 fully saturated rings. The van der Waals surface area contributed by atoms with Gasteiger partial charge in [-0.05, 0) is 28.8 Å². The molecule has 3 N–H and O–H groups in total. The van der Waals surface area contributed by atoms with Crippen molar-refractivity contribution in [3.8, 4) is 11.5 Å². The van der Waals surface area contributed by atoms with Gasteiger partial charge in [-0.2, -0.15) is 0 Å². The summed E-state index contributed by atoms with van der Waals surface area (Å²) in [7, 11) is 3.19. The lowest BCUT2D eigenvalue weighted by atomic mass is 10.1. The molecule has 0 aliphatic rings. The van der Waals surface area contributed by atoms with Crippen LogP contribution in [0.4, 0.5) is 5.69 Å². The average Bonchev–Trinajstić information content (AvgIpc) is 2.79.